The molecular formula is C43H81N3O13. The highest BCUT2D eigenvalue weighted by molar-refractivity contribution is 5.73. The number of aliphatic hydroxyl groups is 3. The Labute approximate surface area is 354 Å². The molecule has 0 spiro atoms. The van der Waals surface area contributed by atoms with Gasteiger partial charge in [0.1, 0.15) is 23.9 Å². The summed E-state index contributed by atoms with van der Waals surface area (Å²) < 4.78 is 51.1. The lowest BCUT2D eigenvalue weighted by molar-refractivity contribution is -0.321. The molecule has 16 heteroatoms. The van der Waals surface area contributed by atoms with Crippen LogP contribution in [0.15, 0.2) is 0 Å². The van der Waals surface area contributed by atoms with Gasteiger partial charge in [0, 0.05) is 45.6 Å². The number of aliphatic hydroxyl groups excluding tert-OH is 1. The molecule has 3 rings (SSSR count). The third-order valence-corrected chi connectivity index (χ3v) is 13.1. The van der Waals surface area contributed by atoms with Crippen LogP contribution >= 0.6 is 0 Å². The number of hydrogen-bond acceptors (Lipinski definition) is 16. The van der Waals surface area contributed by atoms with Crippen molar-refractivity contribution in [3.63, 3.8) is 0 Å². The Balaban J connectivity index is 2.22. The number of hydrogen-bond donors (Lipinski definition) is 4. The fraction of sp³-hybridized carbons (Fsp3) is 0.953. The van der Waals surface area contributed by atoms with Crippen molar-refractivity contribution in [3.8, 4) is 0 Å². The van der Waals surface area contributed by atoms with Gasteiger partial charge < -0.3 is 68.7 Å². The number of nitrogens with zero attached hydrogens (tertiary/aromatic N) is 2. The molecular weight excluding hydrogens is 766 g/mol. The normalized spacial score (nSPS) is 45.0. The van der Waals surface area contributed by atoms with Crippen molar-refractivity contribution in [3.05, 3.63) is 0 Å². The molecule has 3 heterocycles. The summed E-state index contributed by atoms with van der Waals surface area (Å²) in [6.45, 7) is 20.7. The topological polar surface area (TPSA) is 201 Å². The van der Waals surface area contributed by atoms with Gasteiger partial charge in [0.25, 0.3) is 0 Å². The van der Waals surface area contributed by atoms with Crippen LogP contribution in [0.1, 0.15) is 108 Å². The Bertz CT molecular complexity index is 1320. The van der Waals surface area contributed by atoms with Gasteiger partial charge in [-0.1, -0.05) is 20.8 Å². The van der Waals surface area contributed by atoms with E-state index in [1.807, 2.05) is 72.5 Å². The van der Waals surface area contributed by atoms with Crippen LogP contribution in [-0.4, -0.2) is 175 Å². The van der Waals surface area contributed by atoms with E-state index < -0.39 is 102 Å². The number of likely N-dealkylation sites (N-methyl/N-ethyl adjacent to an activating group) is 2. The summed E-state index contributed by atoms with van der Waals surface area (Å²) in [7, 11) is 7.26. The zero-order valence-corrected chi connectivity index (χ0v) is 38.7. The van der Waals surface area contributed by atoms with Crippen molar-refractivity contribution in [2.24, 2.45) is 23.5 Å². The van der Waals surface area contributed by atoms with Gasteiger partial charge in [-0.2, -0.15) is 0 Å². The molecule has 0 aromatic carbocycles. The Hall–Kier alpha value is -1.54. The van der Waals surface area contributed by atoms with Crippen molar-refractivity contribution in [1.29, 1.82) is 0 Å². The molecule has 5 N–H and O–H groups in total. The second kappa shape index (κ2) is 21.7. The molecule has 59 heavy (non-hydrogen) atoms. The molecule has 0 aliphatic carbocycles. The minimum atomic E-state index is -1.81. The molecule has 0 amide bonds. The molecule has 1 unspecified atom stereocenters. The third-order valence-electron chi connectivity index (χ3n) is 13.1. The van der Waals surface area contributed by atoms with Crippen molar-refractivity contribution in [2.75, 3.05) is 47.9 Å². The van der Waals surface area contributed by atoms with E-state index in [1.165, 1.54) is 13.8 Å². The first-order chi connectivity index (χ1) is 27.3. The first kappa shape index (κ1) is 51.8. The van der Waals surface area contributed by atoms with Gasteiger partial charge in [-0.05, 0) is 108 Å². The van der Waals surface area contributed by atoms with Gasteiger partial charge in [-0.3, -0.25) is 9.59 Å². The molecule has 346 valence electrons. The first-order valence-corrected chi connectivity index (χ1v) is 21.7. The zero-order valence-electron chi connectivity index (χ0n) is 38.7. The number of methoxy groups -OCH3 is 1. The molecule has 3 aliphatic heterocycles. The van der Waals surface area contributed by atoms with E-state index in [0.717, 1.165) is 0 Å². The average molecular weight is 848 g/mol. The highest BCUT2D eigenvalue weighted by atomic mass is 16.7. The molecule has 3 saturated heterocycles. The minimum Gasteiger partial charge on any atom is -0.459 e. The fourth-order valence-electron chi connectivity index (χ4n) is 9.63. The molecule has 3 aliphatic rings. The predicted octanol–water partition coefficient (Wildman–Crippen LogP) is 2.84. The summed E-state index contributed by atoms with van der Waals surface area (Å²) in [6, 6.07) is -0.817. The molecule has 0 saturated carbocycles. The van der Waals surface area contributed by atoms with Gasteiger partial charge in [0.05, 0.1) is 47.6 Å². The number of ether oxygens (including phenoxy) is 8. The summed E-state index contributed by atoms with van der Waals surface area (Å²) >= 11 is 0. The molecule has 0 aromatic heterocycles. The molecule has 0 bridgehead atoms. The SMILES string of the molecule is CC[C@H]1OC(=O)[C@H](C)C(O[C@H]2C[C@@](C)(OC)[C@@H](OCCCN)[C@H](C)O2)[C@H](C)[C@@H](O[C@@H]2O[C@H](C)C[C@H](N(C)C)[C@H]2OC(C)=O)[C@](C)(O)C[C@@H](C)CN(C)[C@H](C)[C@@H](O)[C@]1(C)O. The zero-order chi connectivity index (χ0) is 44.8. The van der Waals surface area contributed by atoms with Crippen LogP contribution in [0, 0.1) is 17.8 Å². The van der Waals surface area contributed by atoms with Crippen LogP contribution < -0.4 is 5.73 Å². The molecule has 18 atom stereocenters. The van der Waals surface area contributed by atoms with Crippen LogP contribution in [0.25, 0.3) is 0 Å². The van der Waals surface area contributed by atoms with E-state index in [2.05, 4.69) is 0 Å². The van der Waals surface area contributed by atoms with Gasteiger partial charge in [0.2, 0.25) is 0 Å². The number of cyclic esters (lactones) is 1. The lowest BCUT2D eigenvalue weighted by atomic mass is 9.77. The summed E-state index contributed by atoms with van der Waals surface area (Å²) in [6.07, 6.45) is -6.64. The van der Waals surface area contributed by atoms with Crippen LogP contribution in [0.5, 0.6) is 0 Å². The Morgan fingerprint density at radius 2 is 1.64 bits per heavy atom. The Morgan fingerprint density at radius 3 is 2.20 bits per heavy atom. The van der Waals surface area contributed by atoms with Crippen molar-refractivity contribution < 1.29 is 62.8 Å². The molecule has 3 fully saturated rings. The van der Waals surface area contributed by atoms with Crippen molar-refractivity contribution in [1.82, 2.24) is 9.80 Å². The molecule has 16 nitrogen and oxygen atoms in total. The van der Waals surface area contributed by atoms with E-state index in [-0.39, 0.29) is 37.3 Å². The maximum atomic E-state index is 14.5. The van der Waals surface area contributed by atoms with E-state index in [1.54, 1.807) is 27.9 Å². The van der Waals surface area contributed by atoms with Crippen LogP contribution in [-0.2, 0) is 47.5 Å². The average Bonchev–Trinajstić information content (AvgIpc) is 3.14. The fourth-order valence-corrected chi connectivity index (χ4v) is 9.63. The molecule has 0 aromatic rings. The number of rotatable bonds is 12. The number of carbonyl (C=O) groups is 2. The van der Waals surface area contributed by atoms with Crippen LogP contribution in [0.3, 0.4) is 0 Å². The summed E-state index contributed by atoms with van der Waals surface area (Å²) in [4.78, 5) is 30.9. The lowest BCUT2D eigenvalue weighted by Gasteiger charge is -2.49. The van der Waals surface area contributed by atoms with E-state index in [0.29, 0.717) is 32.5 Å². The van der Waals surface area contributed by atoms with Gasteiger partial charge in [-0.15, -0.1) is 0 Å². The van der Waals surface area contributed by atoms with Crippen molar-refractivity contribution in [2.45, 2.75) is 199 Å². The van der Waals surface area contributed by atoms with Crippen LogP contribution in [0.2, 0.25) is 0 Å². The van der Waals surface area contributed by atoms with Crippen LogP contribution in [0.4, 0.5) is 0 Å². The van der Waals surface area contributed by atoms with E-state index in [4.69, 9.17) is 43.6 Å². The Morgan fingerprint density at radius 1 is 1.00 bits per heavy atom. The second-order valence-corrected chi connectivity index (χ2v) is 18.7. The Kier molecular flexibility index (Phi) is 19.1. The largest absolute Gasteiger partial charge is 0.459 e. The second-order valence-electron chi connectivity index (χ2n) is 18.7. The van der Waals surface area contributed by atoms with E-state index >= 15 is 0 Å². The summed E-state index contributed by atoms with van der Waals surface area (Å²) in [5, 5.41) is 36.2. The van der Waals surface area contributed by atoms with Gasteiger partial charge >= 0.3 is 11.9 Å². The molecule has 0 radical (unpaired) electrons. The highest BCUT2D eigenvalue weighted by Gasteiger charge is 2.53. The predicted molar refractivity (Wildman–Crippen MR) is 221 cm³/mol. The quantitative estimate of drug-likeness (QED) is 0.165. The van der Waals surface area contributed by atoms with E-state index in [9.17, 15) is 24.9 Å². The maximum absolute atomic E-state index is 14.5. The number of carbonyl (C=O) groups excluding carboxylic acids is 2. The van der Waals surface area contributed by atoms with Gasteiger partial charge in [0.15, 0.2) is 18.7 Å². The summed E-state index contributed by atoms with van der Waals surface area (Å²) in [5.41, 5.74) is 1.49. The maximum Gasteiger partial charge on any atom is 0.311 e. The summed E-state index contributed by atoms with van der Waals surface area (Å²) in [5.74, 6) is -3.14. The van der Waals surface area contributed by atoms with Gasteiger partial charge in [-0.25, -0.2) is 0 Å². The number of nitrogens with two attached hydrogens (primary N) is 1. The van der Waals surface area contributed by atoms with Crippen molar-refractivity contribution >= 4 is 11.9 Å². The first-order valence-electron chi connectivity index (χ1n) is 21.7. The standard InChI is InChI=1S/C43H81N3O13/c1-16-32-43(11,51)36(48)28(6)46(14)23-24(2)21-41(9,50)37(59-40-35(56-30(8)47)31(45(12)13)20-25(3)54-40)26(4)34(27(5)39(49)57-32)58-33-22-42(10,52-15)38(29(7)55-33)53-19-17-18-44/h24-29,31-38,40,48,50-51H,16-23,44H2,1-15H3/t24-,25-,26+,27-,28-,29+,31+,32-,33+,34?,35-,36-,37-,38+,40+,41-,42-,43-/m1/s1. The minimum absolute atomic E-state index is 0.166. The number of esters is 2. The monoisotopic (exact) mass is 848 g/mol. The smallest absolute Gasteiger partial charge is 0.311 e. The third kappa shape index (κ3) is 12.8. The highest BCUT2D eigenvalue weighted by Crippen LogP contribution is 2.41. The lowest BCUT2D eigenvalue weighted by Crippen LogP contribution is -2.61.